The molecule has 0 unspecified atom stereocenters. The zero-order valence-corrected chi connectivity index (χ0v) is 24.9. The van der Waals surface area contributed by atoms with Gasteiger partial charge in [0.1, 0.15) is 6.07 Å². The number of hydrogen-bond donors (Lipinski definition) is 0. The minimum absolute atomic E-state index is 0.00477. The molecular weight excluding hydrogens is 505 g/mol. The third kappa shape index (κ3) is 3.14. The average molecular weight is 548 g/mol. The Morgan fingerprint density at radius 3 is 2.45 bits per heavy atom. The molecule has 5 aliphatic rings. The highest BCUT2D eigenvalue weighted by atomic mass is 19.1. The number of carbonyl (C=O) groups excluding carboxylic acids is 2. The Hall–Kier alpha value is -2.62. The van der Waals surface area contributed by atoms with E-state index in [0.29, 0.717) is 11.8 Å². The van der Waals surface area contributed by atoms with Crippen LogP contribution in [0.25, 0.3) is 0 Å². The van der Waals surface area contributed by atoms with Gasteiger partial charge in [-0.05, 0) is 79.1 Å². The molecular formula is C33H42FN3O3. The maximum atomic E-state index is 14.6. The van der Waals surface area contributed by atoms with E-state index in [1.165, 1.54) is 0 Å². The van der Waals surface area contributed by atoms with Gasteiger partial charge in [0.15, 0.2) is 18.2 Å². The van der Waals surface area contributed by atoms with Gasteiger partial charge < -0.3 is 4.52 Å². The fourth-order valence-corrected chi connectivity index (χ4v) is 10.7. The van der Waals surface area contributed by atoms with Gasteiger partial charge in [0.05, 0.1) is 11.0 Å². The minimum Gasteiger partial charge on any atom is -0.339 e. The second-order valence-corrected chi connectivity index (χ2v) is 15.0. The molecule has 6 rings (SSSR count). The van der Waals surface area contributed by atoms with E-state index >= 15 is 0 Å². The molecule has 0 radical (unpaired) electrons. The fraction of sp³-hybridized carbons (Fsp3) is 0.727. The van der Waals surface area contributed by atoms with E-state index in [2.05, 4.69) is 50.8 Å². The van der Waals surface area contributed by atoms with Crippen molar-refractivity contribution < 1.29 is 18.5 Å². The van der Waals surface area contributed by atoms with Crippen LogP contribution in [0.4, 0.5) is 4.39 Å². The molecule has 1 aromatic heterocycles. The van der Waals surface area contributed by atoms with Crippen molar-refractivity contribution in [3.05, 3.63) is 35.0 Å². The van der Waals surface area contributed by atoms with Crippen LogP contribution >= 0.6 is 0 Å². The number of alkyl halides is 1. The van der Waals surface area contributed by atoms with Crippen LogP contribution < -0.4 is 0 Å². The van der Waals surface area contributed by atoms with E-state index in [4.69, 9.17) is 4.52 Å². The smallest absolute Gasteiger partial charge is 0.233 e. The Balaban J connectivity index is 1.54. The summed E-state index contributed by atoms with van der Waals surface area (Å²) in [5.41, 5.74) is -0.976. The number of halogens is 1. The first-order valence-corrected chi connectivity index (χ1v) is 15.0. The van der Waals surface area contributed by atoms with E-state index in [9.17, 15) is 19.2 Å². The van der Waals surface area contributed by atoms with Crippen LogP contribution in [0.2, 0.25) is 0 Å². The Morgan fingerprint density at radius 2 is 1.80 bits per heavy atom. The standard InChI is InChI=1S/C33H42FN3O3/c1-18-8-11-33(28-36-24(16-34)37-40-28)13-12-32(7)26(25(33)19(18)2)21(38)14-23-30(5)15-20(17-35)27(39)29(3,4)22(30)9-10-31(23,32)6/h14-15,18-19,22,25-26H,8-13,16H2,1-7H3/t18-,19+,22+,25+,26-,30+,31-,32-,33+/m1/s1. The molecule has 1 aromatic rings. The second kappa shape index (κ2) is 8.46. The predicted molar refractivity (Wildman–Crippen MR) is 147 cm³/mol. The van der Waals surface area contributed by atoms with Crippen molar-refractivity contribution in [1.29, 1.82) is 5.26 Å². The van der Waals surface area contributed by atoms with Crippen molar-refractivity contribution in [1.82, 2.24) is 10.1 Å². The summed E-state index contributed by atoms with van der Waals surface area (Å²) in [6, 6.07) is 2.18. The number of fused-ring (bicyclic) bond motifs is 7. The molecule has 3 fully saturated rings. The van der Waals surface area contributed by atoms with Crippen LogP contribution in [0.15, 0.2) is 27.8 Å². The number of hydrogen-bond acceptors (Lipinski definition) is 6. The quantitative estimate of drug-likeness (QED) is 0.401. The first-order chi connectivity index (χ1) is 18.7. The van der Waals surface area contributed by atoms with Gasteiger partial charge in [-0.15, -0.1) is 0 Å². The van der Waals surface area contributed by atoms with Crippen LogP contribution in [0.5, 0.6) is 0 Å². The third-order valence-electron chi connectivity index (χ3n) is 13.2. The fourth-order valence-electron chi connectivity index (χ4n) is 10.7. The average Bonchev–Trinajstić information content (AvgIpc) is 3.40. The lowest BCUT2D eigenvalue weighted by molar-refractivity contribution is -0.166. The van der Waals surface area contributed by atoms with Gasteiger partial charge in [0, 0.05) is 16.7 Å². The van der Waals surface area contributed by atoms with Crippen molar-refractivity contribution in [3.63, 3.8) is 0 Å². The number of allylic oxidation sites excluding steroid dienone is 4. The Labute approximate surface area is 236 Å². The minimum atomic E-state index is -0.767. The normalized spacial score (nSPS) is 45.7. The molecule has 0 bridgehead atoms. The first kappa shape index (κ1) is 27.5. The van der Waals surface area contributed by atoms with Crippen molar-refractivity contribution in [2.75, 3.05) is 0 Å². The number of rotatable bonds is 2. The number of aromatic nitrogens is 2. The molecule has 9 atom stereocenters. The van der Waals surface area contributed by atoms with Gasteiger partial charge in [-0.1, -0.05) is 65.3 Å². The lowest BCUT2D eigenvalue weighted by atomic mass is 9.34. The molecule has 0 aliphatic heterocycles. The SMILES string of the molecule is C[C@@H]1[C@H]2[C@H]3C(=O)C=C4[C@@]5(C)C=C(C#N)C(=O)C(C)(C)[C@@H]5CC[C@@]4(C)[C@]3(C)CC[C@@]2(c2nc(CF)no2)CC[C@H]1C. The van der Waals surface area contributed by atoms with Crippen LogP contribution in [0, 0.1) is 62.6 Å². The summed E-state index contributed by atoms with van der Waals surface area (Å²) in [7, 11) is 0. The lowest BCUT2D eigenvalue weighted by Gasteiger charge is -2.69. The van der Waals surface area contributed by atoms with Gasteiger partial charge >= 0.3 is 0 Å². The summed E-state index contributed by atoms with van der Waals surface area (Å²) in [6.45, 7) is 14.5. The van der Waals surface area contributed by atoms with Gasteiger partial charge in [0.2, 0.25) is 11.7 Å². The number of nitrogens with zero attached hydrogens (tertiary/aromatic N) is 3. The van der Waals surface area contributed by atoms with E-state index in [-0.39, 0.29) is 57.5 Å². The zero-order chi connectivity index (χ0) is 29.0. The van der Waals surface area contributed by atoms with Crippen molar-refractivity contribution in [2.45, 2.75) is 99.1 Å². The number of ketones is 2. The molecule has 3 saturated carbocycles. The Kier molecular flexibility index (Phi) is 5.82. The van der Waals surface area contributed by atoms with Crippen LogP contribution in [0.3, 0.4) is 0 Å². The van der Waals surface area contributed by atoms with E-state index in [1.807, 2.05) is 26.0 Å². The van der Waals surface area contributed by atoms with Crippen molar-refractivity contribution >= 4 is 11.6 Å². The summed E-state index contributed by atoms with van der Waals surface area (Å²) in [5, 5.41) is 13.8. The molecule has 7 heteroatoms. The lowest BCUT2D eigenvalue weighted by Crippen LogP contribution is -2.66. The highest BCUT2D eigenvalue weighted by Gasteiger charge is 2.71. The summed E-state index contributed by atoms with van der Waals surface area (Å²) >= 11 is 0. The maximum absolute atomic E-state index is 14.6. The zero-order valence-electron chi connectivity index (χ0n) is 24.9. The molecule has 0 saturated heterocycles. The predicted octanol–water partition coefficient (Wildman–Crippen LogP) is 6.87. The number of carbonyl (C=O) groups is 2. The third-order valence-corrected chi connectivity index (χ3v) is 13.2. The van der Waals surface area contributed by atoms with E-state index in [1.54, 1.807) is 0 Å². The largest absolute Gasteiger partial charge is 0.339 e. The van der Waals surface area contributed by atoms with Crippen molar-refractivity contribution in [2.24, 2.45) is 51.2 Å². The molecule has 5 aliphatic carbocycles. The summed E-state index contributed by atoms with van der Waals surface area (Å²) < 4.78 is 19.3. The van der Waals surface area contributed by atoms with Gasteiger partial charge in [-0.2, -0.15) is 10.2 Å². The van der Waals surface area contributed by atoms with Crippen LogP contribution in [-0.2, 0) is 21.7 Å². The Morgan fingerprint density at radius 1 is 1.07 bits per heavy atom. The topological polar surface area (TPSA) is 96.8 Å². The van der Waals surface area contributed by atoms with E-state index < -0.39 is 22.9 Å². The van der Waals surface area contributed by atoms with Gasteiger partial charge in [-0.3, -0.25) is 9.59 Å². The molecule has 1 heterocycles. The molecule has 0 spiro atoms. The Bertz CT molecular complexity index is 1400. The highest BCUT2D eigenvalue weighted by Crippen LogP contribution is 2.74. The highest BCUT2D eigenvalue weighted by molar-refractivity contribution is 6.04. The molecule has 0 amide bonds. The monoisotopic (exact) mass is 547 g/mol. The van der Waals surface area contributed by atoms with Crippen LogP contribution in [-0.4, -0.2) is 21.7 Å². The summed E-state index contributed by atoms with van der Waals surface area (Å²) in [6.07, 6.45) is 9.05. The van der Waals surface area contributed by atoms with Gasteiger partial charge in [-0.25, -0.2) is 4.39 Å². The first-order valence-electron chi connectivity index (χ1n) is 15.0. The second-order valence-electron chi connectivity index (χ2n) is 15.0. The maximum Gasteiger partial charge on any atom is 0.233 e. The number of Topliss-reactive ketones (excluding diaryl/α,β-unsaturated/α-hetero) is 1. The molecule has 0 N–H and O–H groups in total. The summed E-state index contributed by atoms with van der Waals surface area (Å²) in [5.74, 6) is 1.11. The summed E-state index contributed by atoms with van der Waals surface area (Å²) in [4.78, 5) is 32.4. The number of nitriles is 1. The molecule has 214 valence electrons. The molecule has 6 nitrogen and oxygen atoms in total. The molecule has 40 heavy (non-hydrogen) atoms. The van der Waals surface area contributed by atoms with Crippen LogP contribution in [0.1, 0.15) is 98.7 Å². The van der Waals surface area contributed by atoms with Gasteiger partial charge in [0.25, 0.3) is 0 Å². The van der Waals surface area contributed by atoms with E-state index in [0.717, 1.165) is 44.1 Å². The molecule has 0 aromatic carbocycles. The van der Waals surface area contributed by atoms with Crippen molar-refractivity contribution in [3.8, 4) is 6.07 Å².